The fraction of sp³-hybridized carbons (Fsp3) is 0.471. The molecule has 2 aliphatic heterocycles. The van der Waals surface area contributed by atoms with Crippen molar-refractivity contribution in [3.8, 4) is 0 Å². The van der Waals surface area contributed by atoms with Crippen molar-refractivity contribution in [1.29, 1.82) is 0 Å². The molecule has 1 aromatic rings. The first-order valence-electron chi connectivity index (χ1n) is 7.24. The second-order valence-corrected chi connectivity index (χ2v) is 6.57. The molecule has 0 atom stereocenters. The summed E-state index contributed by atoms with van der Waals surface area (Å²) in [5.74, 6) is -0.0471. The van der Waals surface area contributed by atoms with Gasteiger partial charge in [0.05, 0.1) is 6.54 Å². The summed E-state index contributed by atoms with van der Waals surface area (Å²) in [6.07, 6.45) is 4.55. The molecule has 0 saturated heterocycles. The maximum Gasteiger partial charge on any atom is 0.134 e. The van der Waals surface area contributed by atoms with Gasteiger partial charge in [-0.25, -0.2) is 4.39 Å². The minimum atomic E-state index is -0.0471. The highest BCUT2D eigenvalue weighted by molar-refractivity contribution is 6.11. The third-order valence-electron chi connectivity index (χ3n) is 4.10. The predicted molar refractivity (Wildman–Crippen MR) is 81.8 cm³/mol. The monoisotopic (exact) mass is 272 g/mol. The van der Waals surface area contributed by atoms with Crippen LogP contribution in [0, 0.1) is 5.82 Å². The first kappa shape index (κ1) is 13.5. The summed E-state index contributed by atoms with van der Waals surface area (Å²) < 4.78 is 14.8. The Hall–Kier alpha value is -1.48. The van der Waals surface area contributed by atoms with Gasteiger partial charge in [-0.05, 0) is 41.1 Å². The molecular weight excluding hydrogens is 251 g/mol. The molecule has 2 aliphatic rings. The summed E-state index contributed by atoms with van der Waals surface area (Å²) in [4.78, 5) is 4.19. The molecule has 0 amide bonds. The summed E-state index contributed by atoms with van der Waals surface area (Å²) in [7, 11) is 0. The van der Waals surface area contributed by atoms with Crippen LogP contribution in [0.1, 0.15) is 43.0 Å². The van der Waals surface area contributed by atoms with Crippen LogP contribution in [-0.4, -0.2) is 19.3 Å². The van der Waals surface area contributed by atoms with Gasteiger partial charge < -0.3 is 5.32 Å². The SMILES string of the molecule is CC(C)(C)c1cc(C2=CCN=C2)c(F)c2c1CNCC2. The number of hydrogen-bond donors (Lipinski definition) is 1. The molecule has 0 radical (unpaired) electrons. The average molecular weight is 272 g/mol. The van der Waals surface area contributed by atoms with Crippen LogP contribution in [0.4, 0.5) is 4.39 Å². The summed E-state index contributed by atoms with van der Waals surface area (Å²) in [6.45, 7) is 8.86. The van der Waals surface area contributed by atoms with Gasteiger partial charge in [-0.15, -0.1) is 0 Å². The molecule has 2 heterocycles. The molecular formula is C17H21FN2. The van der Waals surface area contributed by atoms with Crippen molar-refractivity contribution in [3.05, 3.63) is 40.2 Å². The van der Waals surface area contributed by atoms with Crippen LogP contribution in [0.15, 0.2) is 17.1 Å². The number of rotatable bonds is 1. The summed E-state index contributed by atoms with van der Waals surface area (Å²) in [5, 5.41) is 3.36. The van der Waals surface area contributed by atoms with E-state index < -0.39 is 0 Å². The maximum atomic E-state index is 14.8. The second kappa shape index (κ2) is 4.81. The molecule has 0 aliphatic carbocycles. The van der Waals surface area contributed by atoms with Crippen LogP contribution in [0.3, 0.4) is 0 Å². The number of benzene rings is 1. The van der Waals surface area contributed by atoms with Gasteiger partial charge in [0.1, 0.15) is 5.82 Å². The van der Waals surface area contributed by atoms with Crippen LogP contribution in [0.25, 0.3) is 5.57 Å². The van der Waals surface area contributed by atoms with Gasteiger partial charge in [0.25, 0.3) is 0 Å². The molecule has 0 fully saturated rings. The Morgan fingerprint density at radius 3 is 2.70 bits per heavy atom. The van der Waals surface area contributed by atoms with Crippen LogP contribution < -0.4 is 5.32 Å². The van der Waals surface area contributed by atoms with E-state index in [1.807, 2.05) is 12.1 Å². The van der Waals surface area contributed by atoms with Crippen molar-refractivity contribution in [3.63, 3.8) is 0 Å². The Labute approximate surface area is 119 Å². The molecule has 3 heteroatoms. The van der Waals surface area contributed by atoms with Crippen molar-refractivity contribution in [1.82, 2.24) is 5.32 Å². The molecule has 1 N–H and O–H groups in total. The lowest BCUT2D eigenvalue weighted by atomic mass is 9.78. The number of hydrogen-bond acceptors (Lipinski definition) is 2. The first-order chi connectivity index (χ1) is 9.48. The van der Waals surface area contributed by atoms with E-state index in [9.17, 15) is 4.39 Å². The zero-order valence-electron chi connectivity index (χ0n) is 12.4. The van der Waals surface area contributed by atoms with Crippen molar-refractivity contribution >= 4 is 11.8 Å². The van der Waals surface area contributed by atoms with Gasteiger partial charge in [0, 0.05) is 23.9 Å². The third-order valence-corrected chi connectivity index (χ3v) is 4.10. The highest BCUT2D eigenvalue weighted by atomic mass is 19.1. The first-order valence-corrected chi connectivity index (χ1v) is 7.24. The van der Waals surface area contributed by atoms with E-state index in [0.29, 0.717) is 6.54 Å². The van der Waals surface area contributed by atoms with Crippen molar-refractivity contribution in [2.24, 2.45) is 4.99 Å². The van der Waals surface area contributed by atoms with E-state index >= 15 is 0 Å². The lowest BCUT2D eigenvalue weighted by Gasteiger charge is -2.29. The van der Waals surface area contributed by atoms with Gasteiger partial charge in [-0.2, -0.15) is 0 Å². The van der Waals surface area contributed by atoms with E-state index in [2.05, 4.69) is 31.1 Å². The van der Waals surface area contributed by atoms with E-state index in [-0.39, 0.29) is 11.2 Å². The zero-order chi connectivity index (χ0) is 14.3. The van der Waals surface area contributed by atoms with E-state index in [1.54, 1.807) is 6.21 Å². The fourth-order valence-corrected chi connectivity index (χ4v) is 3.06. The summed E-state index contributed by atoms with van der Waals surface area (Å²) in [5.41, 5.74) is 4.96. The van der Waals surface area contributed by atoms with Gasteiger partial charge in [0.2, 0.25) is 0 Å². The number of nitrogens with zero attached hydrogens (tertiary/aromatic N) is 1. The molecule has 1 aromatic carbocycles. The van der Waals surface area contributed by atoms with E-state index in [0.717, 1.165) is 41.8 Å². The smallest absolute Gasteiger partial charge is 0.134 e. The number of aliphatic imine (C=N–C) groups is 1. The zero-order valence-corrected chi connectivity index (χ0v) is 12.4. The van der Waals surface area contributed by atoms with Crippen LogP contribution in [0.5, 0.6) is 0 Å². The van der Waals surface area contributed by atoms with Crippen molar-refractivity contribution in [2.75, 3.05) is 13.1 Å². The Balaban J connectivity index is 2.24. The minimum Gasteiger partial charge on any atom is -0.312 e. The van der Waals surface area contributed by atoms with Crippen LogP contribution >= 0.6 is 0 Å². The minimum absolute atomic E-state index is 0.0157. The second-order valence-electron chi connectivity index (χ2n) is 6.57. The molecule has 0 spiro atoms. The number of halogens is 1. The topological polar surface area (TPSA) is 24.4 Å². The van der Waals surface area contributed by atoms with Crippen LogP contribution in [0.2, 0.25) is 0 Å². The lowest BCUT2D eigenvalue weighted by molar-refractivity contribution is 0.532. The summed E-state index contributed by atoms with van der Waals surface area (Å²) >= 11 is 0. The van der Waals surface area contributed by atoms with Gasteiger partial charge >= 0.3 is 0 Å². The maximum absolute atomic E-state index is 14.8. The quantitative estimate of drug-likeness (QED) is 0.834. The molecule has 0 aromatic heterocycles. The molecule has 0 unspecified atom stereocenters. The molecule has 20 heavy (non-hydrogen) atoms. The number of fused-ring (bicyclic) bond motifs is 1. The highest BCUT2D eigenvalue weighted by Crippen LogP contribution is 2.35. The van der Waals surface area contributed by atoms with Crippen molar-refractivity contribution in [2.45, 2.75) is 39.2 Å². The Morgan fingerprint density at radius 1 is 1.25 bits per heavy atom. The third kappa shape index (κ3) is 2.20. The lowest BCUT2D eigenvalue weighted by Crippen LogP contribution is -2.29. The largest absolute Gasteiger partial charge is 0.312 e. The Kier molecular flexibility index (Phi) is 3.25. The van der Waals surface area contributed by atoms with Crippen molar-refractivity contribution < 1.29 is 4.39 Å². The normalized spacial score (nSPS) is 18.1. The number of allylic oxidation sites excluding steroid dienone is 1. The summed E-state index contributed by atoms with van der Waals surface area (Å²) in [6, 6.07) is 2.03. The molecule has 3 rings (SSSR count). The fourth-order valence-electron chi connectivity index (χ4n) is 3.06. The van der Waals surface area contributed by atoms with Gasteiger partial charge in [-0.3, -0.25) is 4.99 Å². The van der Waals surface area contributed by atoms with Gasteiger partial charge in [-0.1, -0.05) is 26.8 Å². The average Bonchev–Trinajstić information content (AvgIpc) is 2.92. The molecule has 0 saturated carbocycles. The molecule has 0 bridgehead atoms. The Morgan fingerprint density at radius 2 is 2.05 bits per heavy atom. The molecule has 2 nitrogen and oxygen atoms in total. The van der Waals surface area contributed by atoms with E-state index in [1.165, 1.54) is 5.56 Å². The standard InChI is InChI=1S/C17H21FN2/c1-17(2,3)15-8-13(11-4-6-19-9-11)16(18)12-5-7-20-10-14(12)15/h4,8-9,20H,5-7,10H2,1-3H3. The number of nitrogens with one attached hydrogen (secondary N) is 1. The highest BCUT2D eigenvalue weighted by Gasteiger charge is 2.27. The predicted octanol–water partition coefficient (Wildman–Crippen LogP) is 3.24. The van der Waals surface area contributed by atoms with Gasteiger partial charge in [0.15, 0.2) is 0 Å². The van der Waals surface area contributed by atoms with Crippen LogP contribution in [-0.2, 0) is 18.4 Å². The Bertz CT molecular complexity index is 606. The van der Waals surface area contributed by atoms with E-state index in [4.69, 9.17) is 0 Å². The molecule has 106 valence electrons.